The van der Waals surface area contributed by atoms with Crippen molar-refractivity contribution in [3.63, 3.8) is 0 Å². The molecule has 6 nitrogen and oxygen atoms in total. The molecule has 0 fully saturated rings. The molecule has 0 aromatic heterocycles. The third-order valence-electron chi connectivity index (χ3n) is 3.50. The number of fused-ring (bicyclic) bond motifs is 1. The van der Waals surface area contributed by atoms with Gasteiger partial charge in [-0.25, -0.2) is 0 Å². The first-order valence-electron chi connectivity index (χ1n) is 7.64. The van der Waals surface area contributed by atoms with Crippen LogP contribution in [0.1, 0.15) is 46.9 Å². The van der Waals surface area contributed by atoms with Gasteiger partial charge in [-0.1, -0.05) is 19.1 Å². The van der Waals surface area contributed by atoms with Crippen LogP contribution in [-0.4, -0.2) is 42.3 Å². The fourth-order valence-corrected chi connectivity index (χ4v) is 2.34. The summed E-state index contributed by atoms with van der Waals surface area (Å²) < 4.78 is 0. The first-order valence-corrected chi connectivity index (χ1v) is 7.64. The van der Waals surface area contributed by atoms with E-state index in [0.29, 0.717) is 36.7 Å². The summed E-state index contributed by atoms with van der Waals surface area (Å²) in [5, 5.41) is 3.02. The summed E-state index contributed by atoms with van der Waals surface area (Å²) in [6.45, 7) is 3.87. The maximum atomic E-state index is 12.1. The summed E-state index contributed by atoms with van der Waals surface area (Å²) in [6.07, 6.45) is 2.51. The number of hydrogen-bond donors (Lipinski definition) is 2. The van der Waals surface area contributed by atoms with Gasteiger partial charge < -0.3 is 11.1 Å². The van der Waals surface area contributed by atoms with Crippen LogP contribution in [0, 0.1) is 0 Å². The molecule has 0 saturated carbocycles. The van der Waals surface area contributed by atoms with Crippen molar-refractivity contribution in [2.45, 2.75) is 26.2 Å². The fourth-order valence-electron chi connectivity index (χ4n) is 2.34. The van der Waals surface area contributed by atoms with E-state index < -0.39 is 0 Å². The van der Waals surface area contributed by atoms with Gasteiger partial charge in [-0.15, -0.1) is 0 Å². The van der Waals surface area contributed by atoms with Crippen LogP contribution in [0.2, 0.25) is 0 Å². The molecule has 1 aromatic rings. The zero-order valence-corrected chi connectivity index (χ0v) is 12.8. The molecule has 1 heterocycles. The molecule has 3 N–H and O–H groups in total. The summed E-state index contributed by atoms with van der Waals surface area (Å²) in [6, 6.07) is 6.94. The molecule has 0 spiro atoms. The second-order valence-corrected chi connectivity index (χ2v) is 5.21. The average molecular weight is 302 g/mol. The maximum absolute atomic E-state index is 12.1. The number of nitrogens with two attached hydrogens (primary N) is 1. The number of hydrogen-bond acceptors (Lipinski definition) is 3. The number of unbranched alkanes of at least 4 members (excludes halogenated alkanes) is 1. The van der Waals surface area contributed by atoms with Gasteiger partial charge in [-0.05, 0) is 31.4 Å². The fraction of sp³-hybridized carbons (Fsp3) is 0.438. The van der Waals surface area contributed by atoms with Gasteiger partial charge in [0, 0.05) is 19.6 Å². The topological polar surface area (TPSA) is 87.8 Å². The van der Waals surface area contributed by atoms with Crippen LogP contribution >= 0.6 is 0 Å². The molecule has 0 aliphatic carbocycles. The minimum absolute atomic E-state index is 0.197. The van der Waals surface area contributed by atoms with Crippen molar-refractivity contribution in [2.75, 3.05) is 19.6 Å². The summed E-state index contributed by atoms with van der Waals surface area (Å²) in [5.41, 5.74) is 6.69. The Balaban J connectivity index is 1.75. The molecule has 2 amide bonds. The Morgan fingerprint density at radius 2 is 1.82 bits per heavy atom. The van der Waals surface area contributed by atoms with Gasteiger partial charge in [0.25, 0.3) is 11.8 Å². The number of carbonyl (C=O) groups excluding carboxylic acids is 2. The van der Waals surface area contributed by atoms with Crippen molar-refractivity contribution in [1.82, 2.24) is 10.2 Å². The Kier molecular flexibility index (Phi) is 5.52. The third-order valence-corrected chi connectivity index (χ3v) is 3.50. The number of nitrogens with zero attached hydrogens (tertiary/aromatic N) is 2. The number of amides is 2. The Bertz CT molecular complexity index is 548. The van der Waals surface area contributed by atoms with Crippen LogP contribution in [0.3, 0.4) is 0 Å². The number of aliphatic imine (C=N–C) groups is 1. The maximum Gasteiger partial charge on any atom is 0.261 e. The van der Waals surface area contributed by atoms with Crippen LogP contribution in [0.15, 0.2) is 29.3 Å². The van der Waals surface area contributed by atoms with Gasteiger partial charge in [-0.3, -0.25) is 19.5 Å². The minimum Gasteiger partial charge on any atom is -0.370 e. The van der Waals surface area contributed by atoms with Crippen LogP contribution in [0.25, 0.3) is 0 Å². The molecule has 6 heteroatoms. The first kappa shape index (κ1) is 16.0. The molecule has 0 saturated heterocycles. The molecule has 0 bridgehead atoms. The predicted molar refractivity (Wildman–Crippen MR) is 85.8 cm³/mol. The molecule has 22 heavy (non-hydrogen) atoms. The number of benzene rings is 1. The van der Waals surface area contributed by atoms with E-state index in [2.05, 4.69) is 10.3 Å². The van der Waals surface area contributed by atoms with E-state index in [-0.39, 0.29) is 11.8 Å². The lowest BCUT2D eigenvalue weighted by molar-refractivity contribution is 0.0652. The Labute approximate surface area is 130 Å². The van der Waals surface area contributed by atoms with Crippen molar-refractivity contribution in [2.24, 2.45) is 10.7 Å². The zero-order chi connectivity index (χ0) is 15.9. The summed E-state index contributed by atoms with van der Waals surface area (Å²) >= 11 is 0. The highest BCUT2D eigenvalue weighted by molar-refractivity contribution is 6.21. The SMILES string of the molecule is CCCN=C(N)NCCCCN1C(=O)c2ccccc2C1=O. The smallest absolute Gasteiger partial charge is 0.261 e. The van der Waals surface area contributed by atoms with Gasteiger partial charge in [0.05, 0.1) is 11.1 Å². The van der Waals surface area contributed by atoms with E-state index in [1.807, 2.05) is 6.92 Å². The largest absolute Gasteiger partial charge is 0.370 e. The molecule has 1 aliphatic heterocycles. The molecule has 1 aromatic carbocycles. The quantitative estimate of drug-likeness (QED) is 0.345. The zero-order valence-electron chi connectivity index (χ0n) is 12.8. The molecular formula is C16H22N4O2. The number of rotatable bonds is 7. The van der Waals surface area contributed by atoms with Gasteiger partial charge in [-0.2, -0.15) is 0 Å². The van der Waals surface area contributed by atoms with E-state index in [1.165, 1.54) is 4.90 Å². The molecule has 0 unspecified atom stereocenters. The van der Waals surface area contributed by atoms with Crippen LogP contribution < -0.4 is 11.1 Å². The van der Waals surface area contributed by atoms with E-state index in [0.717, 1.165) is 19.3 Å². The molecular weight excluding hydrogens is 280 g/mol. The van der Waals surface area contributed by atoms with E-state index in [1.54, 1.807) is 24.3 Å². The van der Waals surface area contributed by atoms with Crippen molar-refractivity contribution in [1.29, 1.82) is 0 Å². The highest BCUT2D eigenvalue weighted by Crippen LogP contribution is 2.22. The predicted octanol–water partition coefficient (Wildman–Crippen LogP) is 1.38. The van der Waals surface area contributed by atoms with Crippen LogP contribution in [0.5, 0.6) is 0 Å². The average Bonchev–Trinajstić information content (AvgIpc) is 2.77. The number of nitrogens with one attached hydrogen (secondary N) is 1. The molecule has 2 rings (SSSR count). The highest BCUT2D eigenvalue weighted by Gasteiger charge is 2.34. The van der Waals surface area contributed by atoms with Crippen molar-refractivity contribution in [3.8, 4) is 0 Å². The van der Waals surface area contributed by atoms with Gasteiger partial charge in [0.2, 0.25) is 0 Å². The highest BCUT2D eigenvalue weighted by atomic mass is 16.2. The van der Waals surface area contributed by atoms with Gasteiger partial charge in [0.1, 0.15) is 0 Å². The summed E-state index contributed by atoms with van der Waals surface area (Å²) in [4.78, 5) is 29.7. The van der Waals surface area contributed by atoms with Crippen LogP contribution in [0.4, 0.5) is 0 Å². The molecule has 0 radical (unpaired) electrons. The number of carbonyl (C=O) groups is 2. The lowest BCUT2D eigenvalue weighted by Gasteiger charge is -2.13. The van der Waals surface area contributed by atoms with Gasteiger partial charge in [0.15, 0.2) is 5.96 Å². The van der Waals surface area contributed by atoms with Crippen molar-refractivity contribution in [3.05, 3.63) is 35.4 Å². The normalized spacial score (nSPS) is 14.4. The second-order valence-electron chi connectivity index (χ2n) is 5.21. The first-order chi connectivity index (χ1) is 10.6. The summed E-state index contributed by atoms with van der Waals surface area (Å²) in [5.74, 6) is 0.0535. The Morgan fingerprint density at radius 3 is 2.41 bits per heavy atom. The van der Waals surface area contributed by atoms with E-state index in [9.17, 15) is 9.59 Å². The standard InChI is InChI=1S/C16H22N4O2/c1-2-9-18-16(17)19-10-5-6-11-20-14(21)12-7-3-4-8-13(12)15(20)22/h3-4,7-8H,2,5-6,9-11H2,1H3,(H3,17,18,19). The third kappa shape index (κ3) is 3.63. The van der Waals surface area contributed by atoms with Crippen molar-refractivity contribution >= 4 is 17.8 Å². The molecule has 1 aliphatic rings. The van der Waals surface area contributed by atoms with Gasteiger partial charge >= 0.3 is 0 Å². The summed E-state index contributed by atoms with van der Waals surface area (Å²) in [7, 11) is 0. The minimum atomic E-state index is -0.197. The number of imide groups is 1. The lowest BCUT2D eigenvalue weighted by Crippen LogP contribution is -2.34. The lowest BCUT2D eigenvalue weighted by atomic mass is 10.1. The Morgan fingerprint density at radius 1 is 1.18 bits per heavy atom. The monoisotopic (exact) mass is 302 g/mol. The van der Waals surface area contributed by atoms with E-state index in [4.69, 9.17) is 5.73 Å². The van der Waals surface area contributed by atoms with E-state index >= 15 is 0 Å². The molecule has 0 atom stereocenters. The molecule has 118 valence electrons. The second kappa shape index (κ2) is 7.59. The van der Waals surface area contributed by atoms with Crippen molar-refractivity contribution < 1.29 is 9.59 Å². The Hall–Kier alpha value is -2.37. The number of guanidine groups is 1. The van der Waals surface area contributed by atoms with Crippen LogP contribution in [-0.2, 0) is 0 Å².